The number of carbonyl (C=O) groups excluding carboxylic acids is 6. The van der Waals surface area contributed by atoms with Crippen LogP contribution in [-0.2, 0) is 33.6 Å². The van der Waals surface area contributed by atoms with Gasteiger partial charge in [-0.15, -0.1) is 0 Å². The van der Waals surface area contributed by atoms with Crippen molar-refractivity contribution in [3.8, 4) is 0 Å². The predicted molar refractivity (Wildman–Crippen MR) is 207 cm³/mol. The third-order valence-corrected chi connectivity index (χ3v) is 8.90. The minimum absolute atomic E-state index is 0.0788. The number of allylic oxidation sites excluding steroid dienone is 2. The predicted octanol–water partition coefficient (Wildman–Crippen LogP) is 2.25. The zero-order valence-corrected chi connectivity index (χ0v) is 34.0. The van der Waals surface area contributed by atoms with E-state index in [1.54, 1.807) is 76.2 Å². The van der Waals surface area contributed by atoms with Gasteiger partial charge in [-0.1, -0.05) is 18.7 Å². The van der Waals surface area contributed by atoms with Gasteiger partial charge < -0.3 is 13.8 Å². The summed E-state index contributed by atoms with van der Waals surface area (Å²) in [5.74, 6) is -0.416. The summed E-state index contributed by atoms with van der Waals surface area (Å²) in [6, 6.07) is 0. The highest BCUT2D eigenvalue weighted by atomic mass is 16.7. The van der Waals surface area contributed by atoms with E-state index in [1.807, 2.05) is 11.9 Å². The smallest absolute Gasteiger partial charge is 0.414 e. The number of imide groups is 2. The van der Waals surface area contributed by atoms with Crippen LogP contribution in [0.5, 0.6) is 0 Å². The second-order valence-corrected chi connectivity index (χ2v) is 12.7. The molecule has 19 nitrogen and oxygen atoms in total. The summed E-state index contributed by atoms with van der Waals surface area (Å²) in [5.41, 5.74) is 14.4. The van der Waals surface area contributed by atoms with Gasteiger partial charge in [0.15, 0.2) is 5.76 Å². The van der Waals surface area contributed by atoms with Gasteiger partial charge in [-0.3, -0.25) is 64.8 Å². The van der Waals surface area contributed by atoms with E-state index in [9.17, 15) is 43.2 Å². The number of aromatic nitrogens is 2. The Kier molecular flexibility index (Phi) is 17.8. The number of nitrogens with one attached hydrogen (secondary N) is 7. The molecular weight excluding hydrogens is 746 g/mol. The van der Waals surface area contributed by atoms with Gasteiger partial charge in [-0.25, -0.2) is 4.79 Å². The molecule has 0 bridgehead atoms. The average molecular weight is 796 g/mol. The lowest BCUT2D eigenvalue weighted by molar-refractivity contribution is -0.129. The molecule has 6 amide bonds. The van der Waals surface area contributed by atoms with Crippen LogP contribution in [0.1, 0.15) is 84.5 Å². The molecule has 0 saturated carbocycles. The van der Waals surface area contributed by atoms with Crippen LogP contribution in [0.4, 0.5) is 0 Å². The summed E-state index contributed by atoms with van der Waals surface area (Å²) in [6.45, 7) is 27.9. The monoisotopic (exact) mass is 795 g/mol. The van der Waals surface area contributed by atoms with E-state index in [2.05, 4.69) is 54.2 Å². The zero-order chi connectivity index (χ0) is 44.1. The quantitative estimate of drug-likeness (QED) is 0.189. The first-order valence-corrected chi connectivity index (χ1v) is 17.0. The molecule has 0 aliphatic carbocycles. The van der Waals surface area contributed by atoms with E-state index < -0.39 is 5.76 Å². The third-order valence-electron chi connectivity index (χ3n) is 8.90. The Balaban J connectivity index is 0.000000343. The number of carbonyl (C=O) groups is 6. The number of amides is 6. The second kappa shape index (κ2) is 21.1. The highest BCUT2D eigenvalue weighted by Crippen LogP contribution is 2.17. The summed E-state index contributed by atoms with van der Waals surface area (Å²) >= 11 is 0. The van der Waals surface area contributed by atoms with E-state index in [0.717, 1.165) is 28.0 Å². The van der Waals surface area contributed by atoms with Crippen molar-refractivity contribution in [3.63, 3.8) is 0 Å². The van der Waals surface area contributed by atoms with Crippen molar-refractivity contribution >= 4 is 35.4 Å². The van der Waals surface area contributed by atoms with Gasteiger partial charge in [0.05, 0.1) is 16.8 Å². The van der Waals surface area contributed by atoms with Crippen molar-refractivity contribution in [1.29, 1.82) is 0 Å². The minimum Gasteiger partial charge on any atom is -0.414 e. The summed E-state index contributed by atoms with van der Waals surface area (Å²) in [5, 5.41) is 6.59. The Morgan fingerprint density at radius 2 is 1.00 bits per heavy atom. The number of hydrogen-bond donors (Lipinski definition) is 7. The van der Waals surface area contributed by atoms with E-state index in [0.29, 0.717) is 57.1 Å². The maximum atomic E-state index is 10.9. The fraction of sp³-hybridized carbons (Fsp3) is 0.342. The number of hydroxylamine groups is 1. The molecule has 2 aromatic rings. The first-order valence-electron chi connectivity index (χ1n) is 17.0. The summed E-state index contributed by atoms with van der Waals surface area (Å²) in [7, 11) is 0. The van der Waals surface area contributed by atoms with Crippen LogP contribution in [-0.4, -0.2) is 45.6 Å². The Labute approximate surface area is 327 Å². The number of aromatic amines is 2. The molecule has 6 heterocycles. The van der Waals surface area contributed by atoms with Gasteiger partial charge >= 0.3 is 5.76 Å². The number of aryl methyl sites for hydroxylation is 2. The summed E-state index contributed by atoms with van der Waals surface area (Å²) < 4.78 is 9.24. The van der Waals surface area contributed by atoms with Crippen LogP contribution >= 0.6 is 0 Å². The molecule has 4 aliphatic heterocycles. The topological polar surface area (TPSA) is 281 Å². The number of hydrogen-bond acceptors (Lipinski definition) is 13. The fourth-order valence-corrected chi connectivity index (χ4v) is 3.84. The number of H-pyrrole nitrogens is 2. The molecule has 6 rings (SSSR count). The largest absolute Gasteiger partial charge is 0.419 e. The molecular formula is C38H49N7O12. The molecule has 7 N–H and O–H groups in total. The standard InChI is InChI=1S/C7H10N2O.2C7H9NO2.C6H7NO3.C6H7NO2.C5H7NO2/c1-4-5(2)7(10)9-8-6(4)3;1-4-5(2)7(9)8-10-6(4)3;1-4-3-6(9)8-7(10)5(4)2;1-3-4(2)10-6(9)7-5(3)8;1-3-4(2)6(9)7-5(3)8;1-3-4(2)8-6-5(3)7/h8H,3H2,1-2H3,(H,9,10);3H2,1-2H3,(H,8,9);3H2,1-2H3,(H,8,9,10);1-2H3,(H,7,8,9);1-2H3,(H,7,8,9);1-2H3,(H,6,7). The molecule has 0 spiro atoms. The third kappa shape index (κ3) is 13.9. The molecule has 0 atom stereocenters. The molecule has 0 aromatic carbocycles. The van der Waals surface area contributed by atoms with Crippen LogP contribution in [0.2, 0.25) is 0 Å². The maximum Gasteiger partial charge on any atom is 0.419 e. The van der Waals surface area contributed by atoms with E-state index in [4.69, 9.17) is 4.84 Å². The van der Waals surface area contributed by atoms with Gasteiger partial charge in [-0.2, -0.15) is 10.6 Å². The van der Waals surface area contributed by atoms with Crippen LogP contribution < -0.4 is 43.8 Å². The summed E-state index contributed by atoms with van der Waals surface area (Å²) in [6.07, 6.45) is 0.359. The molecule has 0 unspecified atom stereocenters. The van der Waals surface area contributed by atoms with Crippen molar-refractivity contribution in [2.45, 2.75) is 89.5 Å². The lowest BCUT2D eigenvalue weighted by atomic mass is 10.0. The molecule has 4 aliphatic rings. The first-order chi connectivity index (χ1) is 26.3. The highest BCUT2D eigenvalue weighted by Gasteiger charge is 2.22. The molecule has 2 aromatic heterocycles. The Morgan fingerprint density at radius 1 is 0.509 bits per heavy atom. The molecule has 308 valence electrons. The molecule has 0 saturated heterocycles. The lowest BCUT2D eigenvalue weighted by Gasteiger charge is -2.19. The van der Waals surface area contributed by atoms with Gasteiger partial charge in [0, 0.05) is 39.9 Å². The SMILES string of the molecule is C=C1NNC(=O)C(C)=C1C.C=C1ONC(=O)C(C)=C1C.CC1=C(C)C(=O)NC(=O)C1.CC1=C(C)C(=O)NC1=O.Cc1o[nH]c(=O)c1C.Cc1oc(=O)[nH]c(=O)c1C. The number of hydrazine groups is 1. The molecule has 0 fully saturated rings. The van der Waals surface area contributed by atoms with Gasteiger partial charge in [0.2, 0.25) is 5.91 Å². The average Bonchev–Trinajstić information content (AvgIpc) is 3.57. The Bertz CT molecular complexity index is 2190. The highest BCUT2D eigenvalue weighted by molar-refractivity contribution is 6.18. The van der Waals surface area contributed by atoms with E-state index >= 15 is 0 Å². The Hall–Kier alpha value is -7.05. The van der Waals surface area contributed by atoms with E-state index in [-0.39, 0.29) is 46.6 Å². The van der Waals surface area contributed by atoms with Crippen LogP contribution in [0.15, 0.2) is 92.5 Å². The van der Waals surface area contributed by atoms with Crippen LogP contribution in [0.3, 0.4) is 0 Å². The lowest BCUT2D eigenvalue weighted by Crippen LogP contribution is -2.41. The van der Waals surface area contributed by atoms with Gasteiger partial charge in [0.1, 0.15) is 11.5 Å². The van der Waals surface area contributed by atoms with Crippen molar-refractivity contribution < 1.29 is 42.5 Å². The number of rotatable bonds is 0. The second-order valence-electron chi connectivity index (χ2n) is 12.7. The van der Waals surface area contributed by atoms with Crippen molar-refractivity contribution in [2.24, 2.45) is 0 Å². The van der Waals surface area contributed by atoms with Gasteiger partial charge in [0.25, 0.3) is 40.7 Å². The first kappa shape index (κ1) is 48.0. The van der Waals surface area contributed by atoms with Gasteiger partial charge in [-0.05, 0) is 88.7 Å². The maximum absolute atomic E-state index is 10.9. The van der Waals surface area contributed by atoms with Crippen molar-refractivity contribution in [3.05, 3.63) is 123 Å². The van der Waals surface area contributed by atoms with Crippen molar-refractivity contribution in [2.75, 3.05) is 0 Å². The van der Waals surface area contributed by atoms with Crippen molar-refractivity contribution in [1.82, 2.24) is 37.1 Å². The minimum atomic E-state index is -0.701. The normalized spacial score (nSPS) is 16.0. The molecule has 57 heavy (non-hydrogen) atoms. The van der Waals surface area contributed by atoms with Crippen LogP contribution in [0, 0.1) is 27.7 Å². The Morgan fingerprint density at radius 3 is 1.39 bits per heavy atom. The zero-order valence-electron chi connectivity index (χ0n) is 34.0. The molecule has 19 heteroatoms. The van der Waals surface area contributed by atoms with Crippen LogP contribution in [0.25, 0.3) is 0 Å². The fourth-order valence-electron chi connectivity index (χ4n) is 3.84. The molecule has 0 radical (unpaired) electrons. The summed E-state index contributed by atoms with van der Waals surface area (Å²) in [4.78, 5) is 103. The van der Waals surface area contributed by atoms with E-state index in [1.165, 1.54) is 0 Å².